The van der Waals surface area contributed by atoms with Crippen molar-refractivity contribution in [2.24, 2.45) is 0 Å². The van der Waals surface area contributed by atoms with E-state index in [1.165, 1.54) is 18.7 Å². The second kappa shape index (κ2) is 8.10. The Bertz CT molecular complexity index is 253. The van der Waals surface area contributed by atoms with Crippen molar-refractivity contribution >= 4 is 0 Å². The van der Waals surface area contributed by atoms with Crippen LogP contribution in [0.3, 0.4) is 0 Å². The number of aromatic nitrogens is 6. The van der Waals surface area contributed by atoms with Gasteiger partial charge in [0.15, 0.2) is 0 Å². The van der Waals surface area contributed by atoms with Gasteiger partial charge in [0.1, 0.15) is 12.5 Å². The van der Waals surface area contributed by atoms with E-state index < -0.39 is 0 Å². The predicted molar refractivity (Wildman–Crippen MR) is 47.2 cm³/mol. The van der Waals surface area contributed by atoms with Crippen LogP contribution in [-0.4, -0.2) is 30.9 Å². The lowest BCUT2D eigenvalue weighted by molar-refractivity contribution is 0.393. The van der Waals surface area contributed by atoms with Crippen LogP contribution < -0.4 is 0 Å². The molecule has 3 rings (SSSR count). The first-order valence-corrected chi connectivity index (χ1v) is 3.86. The van der Waals surface area contributed by atoms with Crippen molar-refractivity contribution in [3.05, 3.63) is 43.4 Å². The van der Waals surface area contributed by atoms with Gasteiger partial charge >= 0.3 is 0 Å². The van der Waals surface area contributed by atoms with Crippen LogP contribution in [-0.2, 0) is 0 Å². The SMILES string of the molecule is c1c[nH]nn1.c1cnoc1.c1conn1. The van der Waals surface area contributed by atoms with E-state index in [1.54, 1.807) is 24.7 Å². The van der Waals surface area contributed by atoms with Crippen LogP contribution in [0.5, 0.6) is 0 Å². The average Bonchev–Trinajstić information content (AvgIpc) is 3.09. The summed E-state index contributed by atoms with van der Waals surface area (Å²) in [6.45, 7) is 0. The molecule has 3 heterocycles. The van der Waals surface area contributed by atoms with Gasteiger partial charge in [-0.2, -0.15) is 0 Å². The Morgan fingerprint density at radius 3 is 2.13 bits per heavy atom. The molecular weight excluding hydrogens is 200 g/mol. The average molecular weight is 208 g/mol. The summed E-state index contributed by atoms with van der Waals surface area (Å²) in [6.07, 6.45) is 9.21. The molecule has 8 nitrogen and oxygen atoms in total. The minimum Gasteiger partial charge on any atom is -0.365 e. The van der Waals surface area contributed by atoms with Crippen molar-refractivity contribution in [2.45, 2.75) is 0 Å². The maximum Gasteiger partial charge on any atom is 0.144 e. The van der Waals surface area contributed by atoms with Gasteiger partial charge in [-0.1, -0.05) is 10.4 Å². The summed E-state index contributed by atoms with van der Waals surface area (Å²) >= 11 is 0. The highest BCUT2D eigenvalue weighted by atomic mass is 16.5. The third-order valence-corrected chi connectivity index (χ3v) is 0.961. The first kappa shape index (κ1) is 10.6. The molecule has 3 aromatic rings. The highest BCUT2D eigenvalue weighted by Gasteiger charge is 1.61. The quantitative estimate of drug-likeness (QED) is 0.574. The van der Waals surface area contributed by atoms with Gasteiger partial charge in [-0.3, -0.25) is 5.10 Å². The topological polar surface area (TPSA) is 107 Å². The molecule has 0 saturated carbocycles. The van der Waals surface area contributed by atoms with Crippen molar-refractivity contribution in [3.8, 4) is 0 Å². The molecule has 0 spiro atoms. The molecule has 0 aliphatic rings. The van der Waals surface area contributed by atoms with Gasteiger partial charge in [0.05, 0.1) is 18.6 Å². The highest BCUT2D eigenvalue weighted by Crippen LogP contribution is 1.72. The largest absolute Gasteiger partial charge is 0.365 e. The Balaban J connectivity index is 0.000000112. The van der Waals surface area contributed by atoms with Crippen LogP contribution in [0.4, 0.5) is 0 Å². The number of nitrogens with zero attached hydrogens (tertiary/aromatic N) is 5. The molecule has 0 aliphatic carbocycles. The van der Waals surface area contributed by atoms with Crippen LogP contribution in [0, 0.1) is 0 Å². The zero-order valence-corrected chi connectivity index (χ0v) is 7.59. The third kappa shape index (κ3) is 6.63. The number of nitrogens with one attached hydrogen (secondary N) is 1. The number of rotatable bonds is 0. The Morgan fingerprint density at radius 1 is 0.933 bits per heavy atom. The highest BCUT2D eigenvalue weighted by molar-refractivity contribution is 4.67. The molecule has 0 atom stereocenters. The lowest BCUT2D eigenvalue weighted by Crippen LogP contribution is -1.61. The minimum atomic E-state index is 1.40. The zero-order valence-electron chi connectivity index (χ0n) is 7.59. The van der Waals surface area contributed by atoms with E-state index in [0.29, 0.717) is 0 Å². The molecule has 0 bridgehead atoms. The number of H-pyrrole nitrogens is 1. The summed E-state index contributed by atoms with van der Waals surface area (Å²) in [5, 5.41) is 19.0. The molecule has 0 aromatic carbocycles. The fourth-order valence-corrected chi connectivity index (χ4v) is 0.478. The summed E-state index contributed by atoms with van der Waals surface area (Å²) < 4.78 is 8.56. The zero-order chi connectivity index (χ0) is 10.6. The van der Waals surface area contributed by atoms with E-state index in [2.05, 4.69) is 40.0 Å². The van der Waals surface area contributed by atoms with E-state index in [4.69, 9.17) is 0 Å². The molecule has 0 saturated heterocycles. The summed E-state index contributed by atoms with van der Waals surface area (Å²) in [7, 11) is 0. The summed E-state index contributed by atoms with van der Waals surface area (Å²) in [4.78, 5) is 0. The van der Waals surface area contributed by atoms with Gasteiger partial charge in [-0.25, -0.2) is 0 Å². The molecule has 3 aromatic heterocycles. The molecular formula is C7H8N6O2. The van der Waals surface area contributed by atoms with Crippen molar-refractivity contribution in [3.63, 3.8) is 0 Å². The molecule has 0 aliphatic heterocycles. The van der Waals surface area contributed by atoms with Crippen molar-refractivity contribution in [2.75, 3.05) is 0 Å². The second-order valence-electron chi connectivity index (χ2n) is 1.94. The number of aromatic amines is 1. The normalized spacial score (nSPS) is 8.00. The number of hydrogen-bond donors (Lipinski definition) is 1. The van der Waals surface area contributed by atoms with Gasteiger partial charge in [-0.05, 0) is 6.07 Å². The van der Waals surface area contributed by atoms with Gasteiger partial charge < -0.3 is 9.05 Å². The Labute approximate surface area is 84.3 Å². The van der Waals surface area contributed by atoms with Gasteiger partial charge in [0.25, 0.3) is 0 Å². The molecule has 0 fully saturated rings. The molecule has 15 heavy (non-hydrogen) atoms. The van der Waals surface area contributed by atoms with Gasteiger partial charge in [-0.15, -0.1) is 10.2 Å². The van der Waals surface area contributed by atoms with Crippen molar-refractivity contribution in [1.29, 1.82) is 0 Å². The first-order valence-electron chi connectivity index (χ1n) is 3.86. The van der Waals surface area contributed by atoms with Gasteiger partial charge in [0.2, 0.25) is 0 Å². The molecule has 78 valence electrons. The van der Waals surface area contributed by atoms with Crippen LogP contribution in [0.25, 0.3) is 0 Å². The summed E-state index contributed by atoms with van der Waals surface area (Å²) in [5.74, 6) is 0. The summed E-state index contributed by atoms with van der Waals surface area (Å²) in [6, 6.07) is 1.72. The lowest BCUT2D eigenvalue weighted by atomic mass is 10.8. The van der Waals surface area contributed by atoms with Crippen LogP contribution >= 0.6 is 0 Å². The van der Waals surface area contributed by atoms with Crippen molar-refractivity contribution in [1.82, 2.24) is 30.9 Å². The Kier molecular flexibility index (Phi) is 5.71. The van der Waals surface area contributed by atoms with E-state index in [0.717, 1.165) is 0 Å². The molecule has 8 heteroatoms. The molecule has 1 N–H and O–H groups in total. The maximum atomic E-state index is 4.33. The van der Waals surface area contributed by atoms with Crippen molar-refractivity contribution < 1.29 is 9.05 Å². The predicted octanol–water partition coefficient (Wildman–Crippen LogP) is 0.549. The van der Waals surface area contributed by atoms with E-state index >= 15 is 0 Å². The third-order valence-electron chi connectivity index (χ3n) is 0.961. The van der Waals surface area contributed by atoms with Gasteiger partial charge in [0, 0.05) is 11.5 Å². The molecule has 0 unspecified atom stereocenters. The second-order valence-corrected chi connectivity index (χ2v) is 1.94. The van der Waals surface area contributed by atoms with E-state index in [1.807, 2.05) is 0 Å². The standard InChI is InChI=1S/C3H3NO.C2H3N3.C2H2N2O/c2*1-2-4-5-3-1;1-2-5-4-3-1/h1-3H;1-2H,(H,3,4,5);1-2H. The maximum absolute atomic E-state index is 4.33. The minimum absolute atomic E-state index is 1.40. The monoisotopic (exact) mass is 208 g/mol. The molecule has 0 radical (unpaired) electrons. The van der Waals surface area contributed by atoms with Crippen LogP contribution in [0.15, 0.2) is 52.4 Å². The van der Waals surface area contributed by atoms with E-state index in [-0.39, 0.29) is 0 Å². The fraction of sp³-hybridized carbons (Fsp3) is 0. The smallest absolute Gasteiger partial charge is 0.144 e. The fourth-order valence-electron chi connectivity index (χ4n) is 0.478. The summed E-state index contributed by atoms with van der Waals surface area (Å²) in [5.41, 5.74) is 0. The molecule has 0 amide bonds. The Hall–Kier alpha value is -2.51. The van der Waals surface area contributed by atoms with E-state index in [9.17, 15) is 0 Å². The van der Waals surface area contributed by atoms with Crippen LogP contribution in [0.1, 0.15) is 0 Å². The Morgan fingerprint density at radius 2 is 1.93 bits per heavy atom. The van der Waals surface area contributed by atoms with Crippen LogP contribution in [0.2, 0.25) is 0 Å². The first-order chi connectivity index (χ1) is 7.50. The lowest BCUT2D eigenvalue weighted by Gasteiger charge is -1.48. The number of hydrogen-bond acceptors (Lipinski definition) is 7.